The van der Waals surface area contributed by atoms with Crippen molar-refractivity contribution in [2.75, 3.05) is 36.4 Å². The molecule has 5 heteroatoms. The molecular weight excluding hydrogens is 353 g/mol. The Morgan fingerprint density at radius 2 is 1.86 bits per heavy atom. The van der Waals surface area contributed by atoms with Crippen LogP contribution in [0, 0.1) is 11.7 Å². The quantitative estimate of drug-likeness (QED) is 0.840. The second kappa shape index (κ2) is 8.74. The van der Waals surface area contributed by atoms with Crippen molar-refractivity contribution >= 4 is 17.3 Å². The van der Waals surface area contributed by atoms with Gasteiger partial charge in [-0.3, -0.25) is 9.69 Å². The lowest BCUT2D eigenvalue weighted by Gasteiger charge is -2.32. The van der Waals surface area contributed by atoms with Crippen LogP contribution in [0.2, 0.25) is 0 Å². The Hall–Kier alpha value is -2.40. The molecule has 0 saturated carbocycles. The van der Waals surface area contributed by atoms with Crippen molar-refractivity contribution in [1.82, 2.24) is 4.90 Å². The SMILES string of the molecule is O=C(Nc1ccccc1N1CCCC1)C1CCCN(Cc2cccc(F)c2)C1. The Labute approximate surface area is 166 Å². The van der Waals surface area contributed by atoms with Crippen LogP contribution >= 0.6 is 0 Å². The lowest BCUT2D eigenvalue weighted by molar-refractivity contribution is -0.121. The molecule has 2 aromatic rings. The Morgan fingerprint density at radius 1 is 1.04 bits per heavy atom. The van der Waals surface area contributed by atoms with Gasteiger partial charge in [-0.2, -0.15) is 0 Å². The lowest BCUT2D eigenvalue weighted by atomic mass is 9.96. The molecule has 28 heavy (non-hydrogen) atoms. The summed E-state index contributed by atoms with van der Waals surface area (Å²) < 4.78 is 13.4. The molecular formula is C23H28FN3O. The molecule has 2 saturated heterocycles. The number of amides is 1. The van der Waals surface area contributed by atoms with Gasteiger partial charge in [0.05, 0.1) is 17.3 Å². The first-order valence-electron chi connectivity index (χ1n) is 10.3. The van der Waals surface area contributed by atoms with Gasteiger partial charge in [0.15, 0.2) is 0 Å². The molecule has 2 heterocycles. The molecule has 4 nitrogen and oxygen atoms in total. The predicted octanol–water partition coefficient (Wildman–Crippen LogP) is 4.28. The first kappa shape index (κ1) is 18.9. The summed E-state index contributed by atoms with van der Waals surface area (Å²) in [5.41, 5.74) is 3.00. The van der Waals surface area contributed by atoms with E-state index >= 15 is 0 Å². The number of likely N-dealkylation sites (tertiary alicyclic amines) is 1. The summed E-state index contributed by atoms with van der Waals surface area (Å²) in [4.78, 5) is 17.6. The van der Waals surface area contributed by atoms with Crippen LogP contribution in [-0.4, -0.2) is 37.0 Å². The fourth-order valence-corrected chi connectivity index (χ4v) is 4.35. The van der Waals surface area contributed by atoms with Crippen molar-refractivity contribution in [3.8, 4) is 0 Å². The average Bonchev–Trinajstić information content (AvgIpc) is 3.23. The highest BCUT2D eigenvalue weighted by Gasteiger charge is 2.27. The number of nitrogens with zero attached hydrogens (tertiary/aromatic N) is 2. The molecule has 0 spiro atoms. The largest absolute Gasteiger partial charge is 0.370 e. The van der Waals surface area contributed by atoms with Crippen LogP contribution < -0.4 is 10.2 Å². The van der Waals surface area contributed by atoms with Gasteiger partial charge in [0.25, 0.3) is 0 Å². The van der Waals surface area contributed by atoms with E-state index in [0.717, 1.165) is 49.4 Å². The molecule has 1 atom stereocenters. The number of nitrogens with one attached hydrogen (secondary N) is 1. The van der Waals surface area contributed by atoms with Gasteiger partial charge >= 0.3 is 0 Å². The van der Waals surface area contributed by atoms with Gasteiger partial charge < -0.3 is 10.2 Å². The van der Waals surface area contributed by atoms with Crippen LogP contribution in [0.3, 0.4) is 0 Å². The number of benzene rings is 2. The number of hydrogen-bond acceptors (Lipinski definition) is 3. The Bertz CT molecular complexity index is 819. The van der Waals surface area contributed by atoms with Gasteiger partial charge in [-0.25, -0.2) is 4.39 Å². The van der Waals surface area contributed by atoms with Gasteiger partial charge in [0.1, 0.15) is 5.82 Å². The zero-order valence-electron chi connectivity index (χ0n) is 16.2. The normalized spacial score (nSPS) is 20.3. The maximum Gasteiger partial charge on any atom is 0.228 e. The second-order valence-corrected chi connectivity index (χ2v) is 7.90. The van der Waals surface area contributed by atoms with Crippen molar-refractivity contribution in [2.45, 2.75) is 32.2 Å². The maximum atomic E-state index is 13.4. The number of carbonyl (C=O) groups excluding carboxylic acids is 1. The Balaban J connectivity index is 1.40. The molecule has 2 fully saturated rings. The molecule has 0 radical (unpaired) electrons. The highest BCUT2D eigenvalue weighted by molar-refractivity contribution is 5.96. The minimum absolute atomic E-state index is 0.0334. The summed E-state index contributed by atoms with van der Waals surface area (Å²) in [5.74, 6) is -0.146. The highest BCUT2D eigenvalue weighted by Crippen LogP contribution is 2.30. The van der Waals surface area contributed by atoms with Crippen LogP contribution in [0.1, 0.15) is 31.2 Å². The summed E-state index contributed by atoms with van der Waals surface area (Å²) in [6.07, 6.45) is 4.30. The summed E-state index contributed by atoms with van der Waals surface area (Å²) in [7, 11) is 0. The molecule has 2 aliphatic heterocycles. The fraction of sp³-hybridized carbons (Fsp3) is 0.435. The third-order valence-electron chi connectivity index (χ3n) is 5.78. The van der Waals surface area contributed by atoms with Crippen LogP contribution in [-0.2, 0) is 11.3 Å². The van der Waals surface area contributed by atoms with Gasteiger partial charge in [-0.15, -0.1) is 0 Å². The molecule has 2 aromatic carbocycles. The van der Waals surface area contributed by atoms with E-state index in [1.54, 1.807) is 12.1 Å². The van der Waals surface area contributed by atoms with E-state index in [2.05, 4.69) is 21.2 Å². The lowest BCUT2D eigenvalue weighted by Crippen LogP contribution is -2.40. The summed E-state index contributed by atoms with van der Waals surface area (Å²) in [6.45, 7) is 4.46. The van der Waals surface area contributed by atoms with E-state index in [-0.39, 0.29) is 17.6 Å². The third-order valence-corrected chi connectivity index (χ3v) is 5.78. The van der Waals surface area contributed by atoms with E-state index in [0.29, 0.717) is 13.1 Å². The summed E-state index contributed by atoms with van der Waals surface area (Å²) in [5, 5.41) is 3.18. The minimum Gasteiger partial charge on any atom is -0.370 e. The van der Waals surface area contributed by atoms with Crippen LogP contribution in [0.15, 0.2) is 48.5 Å². The molecule has 2 aliphatic rings. The number of piperidine rings is 1. The first-order valence-corrected chi connectivity index (χ1v) is 10.3. The van der Waals surface area contributed by atoms with Crippen molar-refractivity contribution in [1.29, 1.82) is 0 Å². The number of rotatable bonds is 5. The van der Waals surface area contributed by atoms with Gasteiger partial charge in [-0.1, -0.05) is 24.3 Å². The minimum atomic E-state index is -0.206. The molecule has 148 valence electrons. The Morgan fingerprint density at radius 3 is 2.68 bits per heavy atom. The van der Waals surface area contributed by atoms with Crippen molar-refractivity contribution in [3.63, 3.8) is 0 Å². The standard InChI is InChI=1S/C23H28FN3O/c24-20-9-5-7-18(15-20)16-26-12-6-8-19(17-26)23(28)25-21-10-1-2-11-22(21)27-13-3-4-14-27/h1-2,5,7,9-11,15,19H,3-4,6,8,12-14,16-17H2,(H,25,28). The zero-order chi connectivity index (χ0) is 19.3. The van der Waals surface area contributed by atoms with Crippen molar-refractivity contribution in [2.24, 2.45) is 5.92 Å². The van der Waals surface area contributed by atoms with E-state index in [1.165, 1.54) is 18.9 Å². The summed E-state index contributed by atoms with van der Waals surface area (Å²) in [6, 6.07) is 14.8. The third kappa shape index (κ3) is 4.53. The first-order chi connectivity index (χ1) is 13.7. The van der Waals surface area contributed by atoms with Gasteiger partial charge in [-0.05, 0) is 62.1 Å². The number of para-hydroxylation sites is 2. The molecule has 1 N–H and O–H groups in total. The van der Waals surface area contributed by atoms with Gasteiger partial charge in [0, 0.05) is 26.2 Å². The molecule has 1 unspecified atom stereocenters. The fourth-order valence-electron chi connectivity index (χ4n) is 4.35. The second-order valence-electron chi connectivity index (χ2n) is 7.90. The Kier molecular flexibility index (Phi) is 5.91. The monoisotopic (exact) mass is 381 g/mol. The summed E-state index contributed by atoms with van der Waals surface area (Å²) >= 11 is 0. The van der Waals surface area contributed by atoms with Gasteiger partial charge in [0.2, 0.25) is 5.91 Å². The maximum absolute atomic E-state index is 13.4. The van der Waals surface area contributed by atoms with Crippen LogP contribution in [0.5, 0.6) is 0 Å². The van der Waals surface area contributed by atoms with E-state index in [9.17, 15) is 9.18 Å². The predicted molar refractivity (Wildman–Crippen MR) is 111 cm³/mol. The van der Waals surface area contributed by atoms with E-state index in [1.807, 2.05) is 24.3 Å². The number of carbonyl (C=O) groups is 1. The molecule has 4 rings (SSSR count). The zero-order valence-corrected chi connectivity index (χ0v) is 16.2. The highest BCUT2D eigenvalue weighted by atomic mass is 19.1. The smallest absolute Gasteiger partial charge is 0.228 e. The van der Waals surface area contributed by atoms with Crippen molar-refractivity contribution in [3.05, 3.63) is 59.9 Å². The van der Waals surface area contributed by atoms with Crippen molar-refractivity contribution < 1.29 is 9.18 Å². The molecule has 1 amide bonds. The topological polar surface area (TPSA) is 35.6 Å². The van der Waals surface area contributed by atoms with Crippen LogP contribution in [0.25, 0.3) is 0 Å². The number of hydrogen-bond donors (Lipinski definition) is 1. The number of halogens is 1. The molecule has 0 bridgehead atoms. The molecule has 0 aliphatic carbocycles. The van der Waals surface area contributed by atoms with E-state index < -0.39 is 0 Å². The van der Waals surface area contributed by atoms with E-state index in [4.69, 9.17) is 0 Å². The average molecular weight is 381 g/mol. The number of anilines is 2. The van der Waals surface area contributed by atoms with Crippen LogP contribution in [0.4, 0.5) is 15.8 Å². The molecule has 0 aromatic heterocycles.